The van der Waals surface area contributed by atoms with Crippen LogP contribution in [0.25, 0.3) is 16.9 Å². The molecule has 7 heteroatoms. The highest BCUT2D eigenvalue weighted by atomic mass is 35.5. The van der Waals surface area contributed by atoms with Gasteiger partial charge in [0.25, 0.3) is 5.91 Å². The molecule has 0 saturated heterocycles. The summed E-state index contributed by atoms with van der Waals surface area (Å²) in [6.07, 6.45) is 0. The van der Waals surface area contributed by atoms with Gasteiger partial charge in [0, 0.05) is 23.7 Å². The first-order valence-electron chi connectivity index (χ1n) is 8.91. The number of hydrogen-bond donors (Lipinski definition) is 1. The zero-order chi connectivity index (χ0) is 20.1. The van der Waals surface area contributed by atoms with Crippen LogP contribution in [0.15, 0.2) is 54.6 Å². The maximum Gasteiger partial charge on any atom is 0.270 e. The molecule has 1 aromatic heterocycles. The van der Waals surface area contributed by atoms with Crippen molar-refractivity contribution in [1.82, 2.24) is 20.0 Å². The first-order chi connectivity index (χ1) is 13.5. The molecular weight excluding hydrogens is 376 g/mol. The molecule has 0 spiro atoms. The summed E-state index contributed by atoms with van der Waals surface area (Å²) in [6.45, 7) is 1.30. The third-order valence-electron chi connectivity index (χ3n) is 4.22. The molecule has 0 fully saturated rings. The number of halogens is 1. The Hall–Kier alpha value is -2.83. The highest BCUT2D eigenvalue weighted by Gasteiger charge is 2.18. The molecule has 0 atom stereocenters. The molecule has 0 saturated carbocycles. The predicted octanol–water partition coefficient (Wildman–Crippen LogP) is 3.49. The van der Waals surface area contributed by atoms with Gasteiger partial charge in [-0.1, -0.05) is 23.7 Å². The van der Waals surface area contributed by atoms with E-state index in [4.69, 9.17) is 16.3 Å². The number of carbonyl (C=O) groups excluding carboxylic acids is 1. The lowest BCUT2D eigenvalue weighted by Crippen LogP contribution is -2.32. The van der Waals surface area contributed by atoms with Crippen molar-refractivity contribution in [2.75, 3.05) is 34.3 Å². The van der Waals surface area contributed by atoms with Crippen molar-refractivity contribution < 1.29 is 9.53 Å². The van der Waals surface area contributed by atoms with Crippen LogP contribution >= 0.6 is 11.6 Å². The number of methoxy groups -OCH3 is 1. The lowest BCUT2D eigenvalue weighted by molar-refractivity contribution is 0.0943. The number of benzene rings is 2. The van der Waals surface area contributed by atoms with Gasteiger partial charge in [-0.15, -0.1) is 0 Å². The molecule has 0 aliphatic heterocycles. The van der Waals surface area contributed by atoms with Crippen LogP contribution in [-0.4, -0.2) is 54.9 Å². The van der Waals surface area contributed by atoms with Crippen molar-refractivity contribution in [3.63, 3.8) is 0 Å². The zero-order valence-corrected chi connectivity index (χ0v) is 16.9. The number of hydrogen-bond acceptors (Lipinski definition) is 4. The normalized spacial score (nSPS) is 10.9. The van der Waals surface area contributed by atoms with Crippen molar-refractivity contribution >= 4 is 17.5 Å². The van der Waals surface area contributed by atoms with Gasteiger partial charge in [0.1, 0.15) is 11.4 Å². The third-order valence-corrected chi connectivity index (χ3v) is 4.48. The van der Waals surface area contributed by atoms with Crippen LogP contribution in [0.3, 0.4) is 0 Å². The van der Waals surface area contributed by atoms with Gasteiger partial charge in [0.15, 0.2) is 0 Å². The standard InChI is InChI=1S/C21H23ClN4O2/c1-25(2)12-11-23-21(27)20-14-19(15-5-4-6-18(13-15)28-3)24-26(20)17-9-7-16(22)8-10-17/h4-10,13-14H,11-12H2,1-3H3,(H,23,27). The van der Waals surface area contributed by atoms with E-state index in [0.717, 1.165) is 23.5 Å². The molecule has 3 rings (SSSR count). The molecule has 0 bridgehead atoms. The molecule has 3 aromatic rings. The van der Waals surface area contributed by atoms with Gasteiger partial charge >= 0.3 is 0 Å². The molecule has 0 aliphatic carbocycles. The number of rotatable bonds is 7. The number of ether oxygens (including phenoxy) is 1. The van der Waals surface area contributed by atoms with Gasteiger partial charge in [-0.2, -0.15) is 5.10 Å². The number of aromatic nitrogens is 2. The summed E-state index contributed by atoms with van der Waals surface area (Å²) in [5.41, 5.74) is 2.77. The van der Waals surface area contributed by atoms with E-state index in [2.05, 4.69) is 10.4 Å². The third kappa shape index (κ3) is 4.71. The Bertz CT molecular complexity index is 951. The van der Waals surface area contributed by atoms with E-state index >= 15 is 0 Å². The number of amides is 1. The Kier molecular flexibility index (Phi) is 6.34. The summed E-state index contributed by atoms with van der Waals surface area (Å²) in [5, 5.41) is 8.24. The molecule has 1 heterocycles. The summed E-state index contributed by atoms with van der Waals surface area (Å²) in [7, 11) is 5.55. The minimum Gasteiger partial charge on any atom is -0.497 e. The van der Waals surface area contributed by atoms with E-state index in [1.807, 2.05) is 55.4 Å². The smallest absolute Gasteiger partial charge is 0.270 e. The fraction of sp³-hybridized carbons (Fsp3) is 0.238. The first-order valence-corrected chi connectivity index (χ1v) is 9.29. The van der Waals surface area contributed by atoms with Crippen molar-refractivity contribution in [2.24, 2.45) is 0 Å². The SMILES string of the molecule is COc1cccc(-c2cc(C(=O)NCCN(C)C)n(-c3ccc(Cl)cc3)n2)c1. The van der Waals surface area contributed by atoms with Crippen molar-refractivity contribution in [2.45, 2.75) is 0 Å². The maximum absolute atomic E-state index is 12.8. The van der Waals surface area contributed by atoms with Crippen LogP contribution < -0.4 is 10.1 Å². The van der Waals surface area contributed by atoms with Gasteiger partial charge in [-0.25, -0.2) is 4.68 Å². The molecular formula is C21H23ClN4O2. The van der Waals surface area contributed by atoms with E-state index in [9.17, 15) is 4.79 Å². The molecule has 0 aliphatic rings. The molecule has 146 valence electrons. The molecule has 1 amide bonds. The first kappa shape index (κ1) is 19.9. The second-order valence-electron chi connectivity index (χ2n) is 6.59. The number of likely N-dealkylation sites (N-methyl/N-ethyl adjacent to an activating group) is 1. The Morgan fingerprint density at radius 3 is 2.61 bits per heavy atom. The number of nitrogens with zero attached hydrogens (tertiary/aromatic N) is 3. The van der Waals surface area contributed by atoms with Crippen LogP contribution in [0.4, 0.5) is 0 Å². The van der Waals surface area contributed by atoms with Gasteiger partial charge < -0.3 is 15.0 Å². The average Bonchev–Trinajstić information content (AvgIpc) is 3.14. The minimum absolute atomic E-state index is 0.182. The van der Waals surface area contributed by atoms with E-state index in [0.29, 0.717) is 23.0 Å². The Morgan fingerprint density at radius 2 is 1.93 bits per heavy atom. The fourth-order valence-electron chi connectivity index (χ4n) is 2.73. The Labute approximate surface area is 169 Å². The van der Waals surface area contributed by atoms with Crippen molar-refractivity contribution in [3.05, 3.63) is 65.3 Å². The highest BCUT2D eigenvalue weighted by Crippen LogP contribution is 2.25. The molecule has 0 radical (unpaired) electrons. The lowest BCUT2D eigenvalue weighted by Gasteiger charge is -2.11. The molecule has 0 unspecified atom stereocenters. The Balaban J connectivity index is 1.99. The second-order valence-corrected chi connectivity index (χ2v) is 7.03. The van der Waals surface area contributed by atoms with Gasteiger partial charge in [0.05, 0.1) is 18.5 Å². The predicted molar refractivity (Wildman–Crippen MR) is 111 cm³/mol. The monoisotopic (exact) mass is 398 g/mol. The maximum atomic E-state index is 12.8. The van der Waals surface area contributed by atoms with E-state index in [-0.39, 0.29) is 5.91 Å². The molecule has 6 nitrogen and oxygen atoms in total. The van der Waals surface area contributed by atoms with Crippen molar-refractivity contribution in [1.29, 1.82) is 0 Å². The summed E-state index contributed by atoms with van der Waals surface area (Å²) >= 11 is 6.01. The topological polar surface area (TPSA) is 59.4 Å². The summed E-state index contributed by atoms with van der Waals surface area (Å²) in [6, 6.07) is 16.6. The van der Waals surface area contributed by atoms with E-state index in [1.165, 1.54) is 0 Å². The van der Waals surface area contributed by atoms with Crippen LogP contribution in [0.1, 0.15) is 10.5 Å². The van der Waals surface area contributed by atoms with E-state index in [1.54, 1.807) is 30.0 Å². The zero-order valence-electron chi connectivity index (χ0n) is 16.1. The van der Waals surface area contributed by atoms with Gasteiger partial charge in [-0.05, 0) is 56.6 Å². The highest BCUT2D eigenvalue weighted by molar-refractivity contribution is 6.30. The fourth-order valence-corrected chi connectivity index (χ4v) is 2.86. The second kappa shape index (κ2) is 8.91. The average molecular weight is 399 g/mol. The minimum atomic E-state index is -0.182. The molecule has 2 aromatic carbocycles. The summed E-state index contributed by atoms with van der Waals surface area (Å²) in [5.74, 6) is 0.550. The number of nitrogens with one attached hydrogen (secondary N) is 1. The number of carbonyl (C=O) groups is 1. The van der Waals surface area contributed by atoms with Gasteiger partial charge in [0.2, 0.25) is 0 Å². The van der Waals surface area contributed by atoms with Crippen LogP contribution in [0.5, 0.6) is 5.75 Å². The molecule has 1 N–H and O–H groups in total. The lowest BCUT2D eigenvalue weighted by atomic mass is 10.1. The Morgan fingerprint density at radius 1 is 1.18 bits per heavy atom. The van der Waals surface area contributed by atoms with Gasteiger partial charge in [-0.3, -0.25) is 4.79 Å². The van der Waals surface area contributed by atoms with Crippen LogP contribution in [0.2, 0.25) is 5.02 Å². The van der Waals surface area contributed by atoms with Crippen LogP contribution in [-0.2, 0) is 0 Å². The summed E-state index contributed by atoms with van der Waals surface area (Å²) in [4.78, 5) is 14.8. The van der Waals surface area contributed by atoms with Crippen molar-refractivity contribution in [3.8, 4) is 22.7 Å². The quantitative estimate of drug-likeness (QED) is 0.661. The van der Waals surface area contributed by atoms with E-state index < -0.39 is 0 Å². The summed E-state index contributed by atoms with van der Waals surface area (Å²) < 4.78 is 6.94. The largest absolute Gasteiger partial charge is 0.497 e. The van der Waals surface area contributed by atoms with Crippen LogP contribution in [0, 0.1) is 0 Å². The molecule has 28 heavy (non-hydrogen) atoms.